The fourth-order valence-electron chi connectivity index (χ4n) is 2.22. The molecule has 0 saturated heterocycles. The second kappa shape index (κ2) is 6.43. The van der Waals surface area contributed by atoms with Crippen LogP contribution in [0.2, 0.25) is 0 Å². The fourth-order valence-corrected chi connectivity index (χ4v) is 2.22. The number of aryl methyl sites for hydroxylation is 2. The third-order valence-electron chi connectivity index (χ3n) is 3.31. The Kier molecular flexibility index (Phi) is 4.63. The lowest BCUT2D eigenvalue weighted by Crippen LogP contribution is -2.25. The van der Waals surface area contributed by atoms with E-state index < -0.39 is 0 Å². The van der Waals surface area contributed by atoms with Crippen molar-refractivity contribution in [1.82, 2.24) is 15.3 Å². The van der Waals surface area contributed by atoms with E-state index in [0.717, 1.165) is 18.7 Å². The van der Waals surface area contributed by atoms with Crippen LogP contribution in [-0.2, 0) is 0 Å². The van der Waals surface area contributed by atoms with E-state index in [-0.39, 0.29) is 6.04 Å². The minimum atomic E-state index is 0.120. The van der Waals surface area contributed by atoms with Crippen LogP contribution < -0.4 is 5.32 Å². The van der Waals surface area contributed by atoms with Gasteiger partial charge in [-0.25, -0.2) is 0 Å². The lowest BCUT2D eigenvalue weighted by atomic mass is 9.98. The minimum absolute atomic E-state index is 0.120. The van der Waals surface area contributed by atoms with Gasteiger partial charge in [-0.1, -0.05) is 13.0 Å². The summed E-state index contributed by atoms with van der Waals surface area (Å²) in [6, 6.07) is 6.25. The van der Waals surface area contributed by atoms with Crippen molar-refractivity contribution in [2.45, 2.75) is 33.2 Å². The number of rotatable bonds is 5. The van der Waals surface area contributed by atoms with Gasteiger partial charge in [-0.3, -0.25) is 9.97 Å². The highest BCUT2D eigenvalue weighted by atomic mass is 14.9. The largest absolute Gasteiger partial charge is 0.305 e. The van der Waals surface area contributed by atoms with Crippen molar-refractivity contribution >= 4 is 0 Å². The first kappa shape index (κ1) is 13.7. The van der Waals surface area contributed by atoms with Crippen LogP contribution in [0.25, 0.3) is 0 Å². The third kappa shape index (κ3) is 3.18. The molecule has 0 radical (unpaired) electrons. The Balaban J connectivity index is 2.42. The van der Waals surface area contributed by atoms with Crippen molar-refractivity contribution < 1.29 is 0 Å². The number of nitrogens with one attached hydrogen (secondary N) is 1. The summed E-state index contributed by atoms with van der Waals surface area (Å²) in [5.74, 6) is 0. The van der Waals surface area contributed by atoms with E-state index in [1.165, 1.54) is 16.7 Å². The van der Waals surface area contributed by atoms with E-state index in [1.807, 2.05) is 30.7 Å². The first-order valence-corrected chi connectivity index (χ1v) is 6.79. The topological polar surface area (TPSA) is 37.8 Å². The van der Waals surface area contributed by atoms with E-state index in [1.54, 1.807) is 0 Å². The molecule has 3 heteroatoms. The Morgan fingerprint density at radius 1 is 1.16 bits per heavy atom. The van der Waals surface area contributed by atoms with Gasteiger partial charge in [-0.15, -0.1) is 0 Å². The zero-order valence-corrected chi connectivity index (χ0v) is 11.9. The van der Waals surface area contributed by atoms with Crippen LogP contribution in [0, 0.1) is 13.8 Å². The highest BCUT2D eigenvalue weighted by molar-refractivity contribution is 5.35. The Labute approximate surface area is 115 Å². The molecule has 0 bridgehead atoms. The van der Waals surface area contributed by atoms with Gasteiger partial charge in [0.05, 0.1) is 11.7 Å². The molecule has 0 aliphatic heterocycles. The molecule has 0 saturated carbocycles. The predicted octanol–water partition coefficient (Wildman–Crippen LogP) is 3.18. The van der Waals surface area contributed by atoms with Gasteiger partial charge in [0.1, 0.15) is 0 Å². The van der Waals surface area contributed by atoms with Crippen molar-refractivity contribution in [3.8, 4) is 0 Å². The molecule has 0 aromatic carbocycles. The summed E-state index contributed by atoms with van der Waals surface area (Å²) < 4.78 is 0. The van der Waals surface area contributed by atoms with Gasteiger partial charge in [0.15, 0.2) is 0 Å². The highest BCUT2D eigenvalue weighted by Gasteiger charge is 2.18. The Bertz CT molecular complexity index is 492. The number of aromatic nitrogens is 2. The summed E-state index contributed by atoms with van der Waals surface area (Å²) in [7, 11) is 0. The standard InChI is InChI=1S/C16H21N3/c1-4-8-18-16(14-11-17-10-7-12(14)2)15-13(3)6-5-9-19-15/h5-7,9-11,16,18H,4,8H2,1-3H3. The molecule has 19 heavy (non-hydrogen) atoms. The molecule has 2 heterocycles. The molecule has 2 aromatic heterocycles. The maximum atomic E-state index is 4.56. The smallest absolute Gasteiger partial charge is 0.0771 e. The van der Waals surface area contributed by atoms with Crippen LogP contribution in [0.4, 0.5) is 0 Å². The number of hydrogen-bond donors (Lipinski definition) is 1. The lowest BCUT2D eigenvalue weighted by Gasteiger charge is -2.21. The van der Waals surface area contributed by atoms with Gasteiger partial charge in [-0.2, -0.15) is 0 Å². The predicted molar refractivity (Wildman–Crippen MR) is 78.1 cm³/mol. The summed E-state index contributed by atoms with van der Waals surface area (Å²) in [4.78, 5) is 8.82. The zero-order valence-electron chi connectivity index (χ0n) is 11.9. The summed E-state index contributed by atoms with van der Waals surface area (Å²) in [6.07, 6.45) is 6.73. The molecular formula is C16H21N3. The molecule has 0 fully saturated rings. The van der Waals surface area contributed by atoms with E-state index in [9.17, 15) is 0 Å². The normalized spacial score (nSPS) is 12.4. The average Bonchev–Trinajstić information content (AvgIpc) is 2.42. The van der Waals surface area contributed by atoms with Gasteiger partial charge < -0.3 is 5.32 Å². The monoisotopic (exact) mass is 255 g/mol. The molecular weight excluding hydrogens is 234 g/mol. The van der Waals surface area contributed by atoms with Crippen molar-refractivity contribution in [2.24, 2.45) is 0 Å². The second-order valence-corrected chi connectivity index (χ2v) is 4.82. The van der Waals surface area contributed by atoms with Gasteiger partial charge >= 0.3 is 0 Å². The third-order valence-corrected chi connectivity index (χ3v) is 3.31. The lowest BCUT2D eigenvalue weighted by molar-refractivity contribution is 0.580. The van der Waals surface area contributed by atoms with Crippen LogP contribution in [0.1, 0.15) is 41.8 Å². The highest BCUT2D eigenvalue weighted by Crippen LogP contribution is 2.24. The summed E-state index contributed by atoms with van der Waals surface area (Å²) in [5.41, 5.74) is 4.75. The van der Waals surface area contributed by atoms with Crippen molar-refractivity contribution in [3.05, 3.63) is 59.2 Å². The molecule has 0 amide bonds. The van der Waals surface area contributed by atoms with Gasteiger partial charge in [-0.05, 0) is 55.6 Å². The van der Waals surface area contributed by atoms with Crippen molar-refractivity contribution in [3.63, 3.8) is 0 Å². The summed E-state index contributed by atoms with van der Waals surface area (Å²) in [5, 5.41) is 3.58. The molecule has 0 aliphatic rings. The number of pyridine rings is 2. The quantitative estimate of drug-likeness (QED) is 0.891. The average molecular weight is 255 g/mol. The van der Waals surface area contributed by atoms with Gasteiger partial charge in [0.2, 0.25) is 0 Å². The van der Waals surface area contributed by atoms with Crippen molar-refractivity contribution in [1.29, 1.82) is 0 Å². The molecule has 1 atom stereocenters. The Morgan fingerprint density at radius 2 is 2.00 bits per heavy atom. The molecule has 1 N–H and O–H groups in total. The molecule has 0 spiro atoms. The van der Waals surface area contributed by atoms with E-state index in [2.05, 4.69) is 42.1 Å². The Hall–Kier alpha value is -1.74. The second-order valence-electron chi connectivity index (χ2n) is 4.82. The number of nitrogens with zero attached hydrogens (tertiary/aromatic N) is 2. The van der Waals surface area contributed by atoms with Crippen LogP contribution in [0.3, 0.4) is 0 Å². The van der Waals surface area contributed by atoms with Gasteiger partial charge in [0, 0.05) is 18.6 Å². The molecule has 1 unspecified atom stereocenters. The van der Waals surface area contributed by atoms with E-state index in [0.29, 0.717) is 0 Å². The first-order valence-electron chi connectivity index (χ1n) is 6.79. The summed E-state index contributed by atoms with van der Waals surface area (Å²) >= 11 is 0. The molecule has 100 valence electrons. The van der Waals surface area contributed by atoms with Crippen LogP contribution in [0.15, 0.2) is 36.8 Å². The fraction of sp³-hybridized carbons (Fsp3) is 0.375. The van der Waals surface area contributed by atoms with Gasteiger partial charge in [0.25, 0.3) is 0 Å². The number of hydrogen-bond acceptors (Lipinski definition) is 3. The Morgan fingerprint density at radius 3 is 2.68 bits per heavy atom. The van der Waals surface area contributed by atoms with Crippen LogP contribution in [-0.4, -0.2) is 16.5 Å². The van der Waals surface area contributed by atoms with Crippen LogP contribution in [0.5, 0.6) is 0 Å². The maximum absolute atomic E-state index is 4.56. The maximum Gasteiger partial charge on any atom is 0.0771 e. The van der Waals surface area contributed by atoms with Crippen LogP contribution >= 0.6 is 0 Å². The minimum Gasteiger partial charge on any atom is -0.305 e. The molecule has 0 aliphatic carbocycles. The first-order chi connectivity index (χ1) is 9.24. The van der Waals surface area contributed by atoms with E-state index >= 15 is 0 Å². The summed E-state index contributed by atoms with van der Waals surface area (Å²) in [6.45, 7) is 7.37. The molecule has 2 aromatic rings. The SMILES string of the molecule is CCCNC(c1cnccc1C)c1ncccc1C. The molecule has 2 rings (SSSR count). The van der Waals surface area contributed by atoms with E-state index in [4.69, 9.17) is 0 Å². The van der Waals surface area contributed by atoms with Crippen molar-refractivity contribution in [2.75, 3.05) is 6.54 Å². The zero-order chi connectivity index (χ0) is 13.7. The molecule has 3 nitrogen and oxygen atoms in total.